The van der Waals surface area contributed by atoms with Crippen molar-refractivity contribution in [2.45, 2.75) is 25.7 Å². The molecular weight excluding hydrogens is 164 g/mol. The molecule has 2 amide bonds. The van der Waals surface area contributed by atoms with E-state index in [0.29, 0.717) is 0 Å². The topological polar surface area (TPSA) is 23.6 Å². The number of urea groups is 1. The van der Waals surface area contributed by atoms with Crippen LogP contribution >= 0.6 is 0 Å². The van der Waals surface area contributed by atoms with Crippen LogP contribution < -0.4 is 0 Å². The SMILES string of the molecule is O=C(N1C[CH]CCC1)N1CCCC1. The van der Waals surface area contributed by atoms with E-state index in [0.717, 1.165) is 32.6 Å². The highest BCUT2D eigenvalue weighted by Crippen LogP contribution is 2.14. The second kappa shape index (κ2) is 3.99. The van der Waals surface area contributed by atoms with Gasteiger partial charge in [-0.1, -0.05) is 0 Å². The maximum atomic E-state index is 11.8. The summed E-state index contributed by atoms with van der Waals surface area (Å²) in [7, 11) is 0. The van der Waals surface area contributed by atoms with E-state index in [1.54, 1.807) is 0 Å². The summed E-state index contributed by atoms with van der Waals surface area (Å²) in [5.74, 6) is 0. The third-order valence-corrected chi connectivity index (χ3v) is 2.83. The molecule has 2 fully saturated rings. The third-order valence-electron chi connectivity index (χ3n) is 2.83. The minimum absolute atomic E-state index is 0.258. The van der Waals surface area contributed by atoms with Crippen LogP contribution in [0.5, 0.6) is 0 Å². The number of hydrogen-bond donors (Lipinski definition) is 0. The summed E-state index contributed by atoms with van der Waals surface area (Å²) in [6.45, 7) is 3.74. The van der Waals surface area contributed by atoms with E-state index in [9.17, 15) is 4.79 Å². The monoisotopic (exact) mass is 181 g/mol. The zero-order chi connectivity index (χ0) is 9.10. The van der Waals surface area contributed by atoms with Crippen molar-refractivity contribution in [3.8, 4) is 0 Å². The van der Waals surface area contributed by atoms with Gasteiger partial charge in [0.2, 0.25) is 0 Å². The largest absolute Gasteiger partial charge is 0.325 e. The van der Waals surface area contributed by atoms with Crippen LogP contribution in [0.15, 0.2) is 0 Å². The molecule has 0 aromatic carbocycles. The van der Waals surface area contributed by atoms with Gasteiger partial charge in [-0.3, -0.25) is 0 Å². The maximum absolute atomic E-state index is 11.8. The lowest BCUT2D eigenvalue weighted by Gasteiger charge is -2.30. The average Bonchev–Trinajstić information content (AvgIpc) is 2.71. The number of likely N-dealkylation sites (tertiary alicyclic amines) is 2. The molecule has 0 atom stereocenters. The van der Waals surface area contributed by atoms with Gasteiger partial charge in [-0.15, -0.1) is 0 Å². The molecule has 2 heterocycles. The molecule has 0 bridgehead atoms. The Bertz CT molecular complexity index is 181. The number of amides is 2. The zero-order valence-electron chi connectivity index (χ0n) is 8.04. The van der Waals surface area contributed by atoms with Gasteiger partial charge >= 0.3 is 6.03 Å². The fourth-order valence-electron chi connectivity index (χ4n) is 2.05. The van der Waals surface area contributed by atoms with Crippen molar-refractivity contribution in [2.24, 2.45) is 0 Å². The molecule has 2 saturated heterocycles. The second-order valence-electron chi connectivity index (χ2n) is 3.85. The molecule has 0 N–H and O–H groups in total. The van der Waals surface area contributed by atoms with Crippen LogP contribution in [0.3, 0.4) is 0 Å². The van der Waals surface area contributed by atoms with Crippen molar-refractivity contribution in [1.29, 1.82) is 0 Å². The molecule has 0 aromatic rings. The van der Waals surface area contributed by atoms with Crippen LogP contribution in [-0.2, 0) is 0 Å². The summed E-state index contributed by atoms with van der Waals surface area (Å²) in [4.78, 5) is 15.8. The van der Waals surface area contributed by atoms with Crippen LogP contribution in [-0.4, -0.2) is 42.0 Å². The van der Waals surface area contributed by atoms with Crippen molar-refractivity contribution in [2.75, 3.05) is 26.2 Å². The fraction of sp³-hybridized carbons (Fsp3) is 0.800. The summed E-state index contributed by atoms with van der Waals surface area (Å²) < 4.78 is 0. The molecule has 2 aliphatic heterocycles. The summed E-state index contributed by atoms with van der Waals surface area (Å²) >= 11 is 0. The normalized spacial score (nSPS) is 23.7. The van der Waals surface area contributed by atoms with Crippen LogP contribution in [0.4, 0.5) is 4.79 Å². The maximum Gasteiger partial charge on any atom is 0.320 e. The Hall–Kier alpha value is -0.730. The molecule has 0 unspecified atom stereocenters. The van der Waals surface area contributed by atoms with Gasteiger partial charge < -0.3 is 9.80 Å². The highest BCUT2D eigenvalue weighted by atomic mass is 16.2. The number of piperidine rings is 1. The predicted molar refractivity (Wildman–Crippen MR) is 51.3 cm³/mol. The number of nitrogens with zero attached hydrogens (tertiary/aromatic N) is 2. The van der Waals surface area contributed by atoms with E-state index >= 15 is 0 Å². The Balaban J connectivity index is 1.87. The Morgan fingerprint density at radius 2 is 1.69 bits per heavy atom. The van der Waals surface area contributed by atoms with Crippen LogP contribution in [0.2, 0.25) is 0 Å². The van der Waals surface area contributed by atoms with E-state index in [1.165, 1.54) is 19.3 Å². The second-order valence-corrected chi connectivity index (χ2v) is 3.85. The van der Waals surface area contributed by atoms with Gasteiger partial charge in [-0.05, 0) is 32.1 Å². The number of rotatable bonds is 0. The number of carbonyl (C=O) groups is 1. The summed E-state index contributed by atoms with van der Waals surface area (Å²) in [6, 6.07) is 0.258. The molecule has 73 valence electrons. The number of hydrogen-bond acceptors (Lipinski definition) is 1. The molecule has 0 aromatic heterocycles. The van der Waals surface area contributed by atoms with Gasteiger partial charge in [0, 0.05) is 26.2 Å². The summed E-state index contributed by atoms with van der Waals surface area (Å²) in [5.41, 5.74) is 0. The molecule has 3 nitrogen and oxygen atoms in total. The predicted octanol–water partition coefficient (Wildman–Crippen LogP) is 1.50. The molecule has 2 aliphatic rings. The summed E-state index contributed by atoms with van der Waals surface area (Å²) in [5, 5.41) is 0. The van der Waals surface area contributed by atoms with Gasteiger partial charge in [0.15, 0.2) is 0 Å². The van der Waals surface area contributed by atoms with Gasteiger partial charge in [-0.2, -0.15) is 0 Å². The van der Waals surface area contributed by atoms with Gasteiger partial charge in [0.1, 0.15) is 0 Å². The standard InChI is InChI=1S/C10H17N2O/c13-10(12-8-4-5-9-12)11-6-2-1-3-7-11/h2H,1,3-9H2. The molecular formula is C10H17N2O. The minimum atomic E-state index is 0.258. The lowest BCUT2D eigenvalue weighted by atomic mass is 10.1. The molecule has 13 heavy (non-hydrogen) atoms. The molecule has 3 heteroatoms. The smallest absolute Gasteiger partial charge is 0.320 e. The van der Waals surface area contributed by atoms with Crippen molar-refractivity contribution >= 4 is 6.03 Å². The van der Waals surface area contributed by atoms with Gasteiger partial charge in [0.05, 0.1) is 0 Å². The van der Waals surface area contributed by atoms with Crippen LogP contribution in [0.25, 0.3) is 0 Å². The average molecular weight is 181 g/mol. The summed E-state index contributed by atoms with van der Waals surface area (Å²) in [6.07, 6.45) is 6.88. The number of carbonyl (C=O) groups excluding carboxylic acids is 1. The molecule has 0 aliphatic carbocycles. The molecule has 0 saturated carbocycles. The third kappa shape index (κ3) is 1.95. The van der Waals surface area contributed by atoms with E-state index in [-0.39, 0.29) is 6.03 Å². The molecule has 2 rings (SSSR count). The fourth-order valence-corrected chi connectivity index (χ4v) is 2.05. The lowest BCUT2D eigenvalue weighted by molar-refractivity contribution is 0.160. The van der Waals surface area contributed by atoms with E-state index in [4.69, 9.17) is 0 Å². The van der Waals surface area contributed by atoms with Crippen molar-refractivity contribution in [1.82, 2.24) is 9.80 Å². The van der Waals surface area contributed by atoms with E-state index in [1.807, 2.05) is 9.80 Å². The van der Waals surface area contributed by atoms with Crippen molar-refractivity contribution in [3.63, 3.8) is 0 Å². The Labute approximate surface area is 79.7 Å². The highest BCUT2D eigenvalue weighted by molar-refractivity contribution is 5.74. The van der Waals surface area contributed by atoms with Crippen LogP contribution in [0.1, 0.15) is 25.7 Å². The Morgan fingerprint density at radius 1 is 1.00 bits per heavy atom. The minimum Gasteiger partial charge on any atom is -0.325 e. The molecule has 0 spiro atoms. The van der Waals surface area contributed by atoms with Crippen molar-refractivity contribution in [3.05, 3.63) is 6.42 Å². The first-order chi connectivity index (χ1) is 6.38. The van der Waals surface area contributed by atoms with E-state index < -0.39 is 0 Å². The zero-order valence-corrected chi connectivity index (χ0v) is 8.04. The lowest BCUT2D eigenvalue weighted by Crippen LogP contribution is -2.44. The first-order valence-electron chi connectivity index (χ1n) is 5.23. The first-order valence-corrected chi connectivity index (χ1v) is 5.23. The Kier molecular flexibility index (Phi) is 2.71. The quantitative estimate of drug-likeness (QED) is 0.555. The highest BCUT2D eigenvalue weighted by Gasteiger charge is 2.24. The Morgan fingerprint density at radius 3 is 2.31 bits per heavy atom. The first kappa shape index (κ1) is 8.85. The van der Waals surface area contributed by atoms with Crippen LogP contribution in [0, 0.1) is 6.42 Å². The molecule has 1 radical (unpaired) electrons. The van der Waals surface area contributed by atoms with Gasteiger partial charge in [-0.25, -0.2) is 4.79 Å². The van der Waals surface area contributed by atoms with Gasteiger partial charge in [0.25, 0.3) is 0 Å². The van der Waals surface area contributed by atoms with E-state index in [2.05, 4.69) is 6.42 Å². The van der Waals surface area contributed by atoms with Crippen molar-refractivity contribution < 1.29 is 4.79 Å².